The molecule has 0 amide bonds. The van der Waals surface area contributed by atoms with Gasteiger partial charge in [0.15, 0.2) is 11.5 Å². The van der Waals surface area contributed by atoms with Crippen LogP contribution < -0.4 is 15.2 Å². The Labute approximate surface area is 237 Å². The smallest absolute Gasteiger partial charge is 0.480 e. The first-order valence-electron chi connectivity index (χ1n) is 13.6. The molecule has 40 heavy (non-hydrogen) atoms. The molecule has 0 heterocycles. The van der Waals surface area contributed by atoms with Crippen LogP contribution in [0, 0.1) is 22.7 Å². The number of carbonyl (C=O) groups excluding carboxylic acids is 3. The summed E-state index contributed by atoms with van der Waals surface area (Å²) in [5.41, 5.74) is 5.83. The number of hydrogen-bond donors (Lipinski definition) is 2. The average molecular weight is 566 g/mol. The maximum absolute atomic E-state index is 12.7. The second-order valence-electron chi connectivity index (χ2n) is 13.2. The van der Waals surface area contributed by atoms with Crippen LogP contribution >= 0.6 is 0 Å². The van der Waals surface area contributed by atoms with Crippen LogP contribution in [0.2, 0.25) is 0 Å². The van der Waals surface area contributed by atoms with Crippen molar-refractivity contribution in [3.05, 3.63) is 23.8 Å². The van der Waals surface area contributed by atoms with Crippen LogP contribution in [-0.4, -0.2) is 47.9 Å². The molecule has 0 bridgehead atoms. The Bertz CT molecular complexity index is 1040. The molecule has 0 aliphatic rings. The van der Waals surface area contributed by atoms with Crippen LogP contribution in [-0.2, 0) is 23.9 Å². The van der Waals surface area contributed by atoms with E-state index in [9.17, 15) is 24.3 Å². The normalized spacial score (nSPS) is 15.0. The van der Waals surface area contributed by atoms with E-state index in [0.29, 0.717) is 5.56 Å². The van der Waals surface area contributed by atoms with Crippen molar-refractivity contribution in [3.8, 4) is 11.5 Å². The summed E-state index contributed by atoms with van der Waals surface area (Å²) >= 11 is 0. The predicted octanol–water partition coefficient (Wildman–Crippen LogP) is 5.70. The largest absolute Gasteiger partial charge is 0.508 e. The summed E-state index contributed by atoms with van der Waals surface area (Å²) < 4.78 is 21.7. The third kappa shape index (κ3) is 12.4. The number of esters is 2. The van der Waals surface area contributed by atoms with Gasteiger partial charge in [-0.1, -0.05) is 68.4 Å². The highest BCUT2D eigenvalue weighted by atomic mass is 16.7. The van der Waals surface area contributed by atoms with Crippen LogP contribution in [0.25, 0.3) is 0 Å². The molecule has 0 fully saturated rings. The van der Waals surface area contributed by atoms with Crippen LogP contribution in [0.15, 0.2) is 18.2 Å². The Hall–Kier alpha value is -3.14. The molecule has 0 radical (unpaired) electrons. The Morgan fingerprint density at radius 1 is 0.850 bits per heavy atom. The number of hydrogen-bond acceptors (Lipinski definition) is 9. The molecule has 1 aromatic rings. The summed E-state index contributed by atoms with van der Waals surface area (Å²) in [6, 6.07) is 3.08. The average Bonchev–Trinajstić information content (AvgIpc) is 2.76. The van der Waals surface area contributed by atoms with Crippen molar-refractivity contribution in [2.24, 2.45) is 28.4 Å². The molecule has 0 aromatic heterocycles. The van der Waals surface area contributed by atoms with Crippen molar-refractivity contribution in [1.29, 1.82) is 0 Å². The first-order valence-corrected chi connectivity index (χ1v) is 13.6. The van der Waals surface area contributed by atoms with Gasteiger partial charge in [0.05, 0.1) is 19.4 Å². The van der Waals surface area contributed by atoms with E-state index in [1.54, 1.807) is 19.9 Å². The topological polar surface area (TPSA) is 151 Å². The number of carboxylic acid groups (broad SMARTS) is 1. The third-order valence-corrected chi connectivity index (χ3v) is 5.95. The molecular weight excluding hydrogens is 518 g/mol. The zero-order valence-electron chi connectivity index (χ0n) is 25.5. The quantitative estimate of drug-likeness (QED) is 0.238. The maximum Gasteiger partial charge on any atom is 0.508 e. The summed E-state index contributed by atoms with van der Waals surface area (Å²) in [5, 5.41) is 9.78. The van der Waals surface area contributed by atoms with Gasteiger partial charge in [0.1, 0.15) is 12.1 Å². The van der Waals surface area contributed by atoms with E-state index < -0.39 is 48.0 Å². The minimum absolute atomic E-state index is 0.0251. The lowest BCUT2D eigenvalue weighted by atomic mass is 9.79. The SMILES string of the molecule is CC(C)COC(=O)OC(C)C(C)C(c1ccc(OC(=O)CC(C)(C)C)c(OC(=O)CC(C)(C)C)c1)[C@H](N)C(=O)O. The van der Waals surface area contributed by atoms with Crippen molar-refractivity contribution in [3.63, 3.8) is 0 Å². The Morgan fingerprint density at radius 3 is 1.80 bits per heavy atom. The fourth-order valence-corrected chi connectivity index (χ4v) is 3.89. The first kappa shape index (κ1) is 34.9. The molecule has 226 valence electrons. The van der Waals surface area contributed by atoms with Gasteiger partial charge >= 0.3 is 24.1 Å². The van der Waals surface area contributed by atoms with E-state index in [4.69, 9.17) is 24.7 Å². The Morgan fingerprint density at radius 2 is 1.35 bits per heavy atom. The number of ether oxygens (including phenoxy) is 4. The zero-order chi connectivity index (χ0) is 31.0. The maximum atomic E-state index is 12.7. The van der Waals surface area contributed by atoms with Crippen molar-refractivity contribution >= 4 is 24.1 Å². The van der Waals surface area contributed by atoms with Crippen LogP contribution in [0.5, 0.6) is 11.5 Å². The lowest BCUT2D eigenvalue weighted by molar-refractivity contribution is -0.140. The molecule has 0 aliphatic carbocycles. The van der Waals surface area contributed by atoms with Gasteiger partial charge in [0, 0.05) is 11.8 Å². The molecule has 1 aromatic carbocycles. The Balaban J connectivity index is 3.45. The van der Waals surface area contributed by atoms with E-state index in [2.05, 4.69) is 0 Å². The molecule has 10 heteroatoms. The van der Waals surface area contributed by atoms with E-state index in [-0.39, 0.29) is 47.7 Å². The van der Waals surface area contributed by atoms with E-state index in [0.717, 1.165) is 0 Å². The lowest BCUT2D eigenvalue weighted by Gasteiger charge is -2.31. The summed E-state index contributed by atoms with van der Waals surface area (Å²) in [7, 11) is 0. The lowest BCUT2D eigenvalue weighted by Crippen LogP contribution is -2.42. The summed E-state index contributed by atoms with van der Waals surface area (Å²) in [5.74, 6) is -3.68. The second-order valence-corrected chi connectivity index (χ2v) is 13.2. The van der Waals surface area contributed by atoms with Gasteiger partial charge in [-0.15, -0.1) is 0 Å². The van der Waals surface area contributed by atoms with Gasteiger partial charge in [-0.05, 0) is 41.4 Å². The summed E-state index contributed by atoms with van der Waals surface area (Å²) in [4.78, 5) is 49.5. The van der Waals surface area contributed by atoms with Gasteiger partial charge in [-0.2, -0.15) is 0 Å². The number of aliphatic carboxylic acids is 1. The standard InChI is InChI=1S/C30H47NO9/c1-17(2)16-37-28(36)38-19(4)18(3)25(26(31)27(34)35)20-11-12-21(39-23(32)14-29(5,6)7)22(13-20)40-24(33)15-30(8,9)10/h11-13,17-19,25-26H,14-16,31H2,1-10H3,(H,34,35)/t18?,19?,25?,26-/m0/s1. The van der Waals surface area contributed by atoms with Crippen LogP contribution in [0.1, 0.15) is 93.6 Å². The van der Waals surface area contributed by atoms with E-state index in [1.807, 2.05) is 55.4 Å². The molecule has 1 rings (SSSR count). The molecule has 0 saturated heterocycles. The number of carboxylic acids is 1. The summed E-state index contributed by atoms with van der Waals surface area (Å²) in [6.07, 6.45) is -1.43. The molecule has 4 atom stereocenters. The van der Waals surface area contributed by atoms with Gasteiger partial charge in [-0.3, -0.25) is 14.4 Å². The van der Waals surface area contributed by atoms with E-state index >= 15 is 0 Å². The van der Waals surface area contributed by atoms with Crippen molar-refractivity contribution in [2.45, 2.75) is 100 Å². The van der Waals surface area contributed by atoms with Crippen LogP contribution in [0.3, 0.4) is 0 Å². The molecule has 0 aliphatic heterocycles. The molecule has 0 spiro atoms. The van der Waals surface area contributed by atoms with E-state index in [1.165, 1.54) is 12.1 Å². The second kappa shape index (κ2) is 14.5. The molecule has 0 saturated carbocycles. The molecular formula is C30H47NO9. The third-order valence-electron chi connectivity index (χ3n) is 5.95. The molecule has 3 unspecified atom stereocenters. The zero-order valence-corrected chi connectivity index (χ0v) is 25.5. The highest BCUT2D eigenvalue weighted by Gasteiger charge is 2.36. The fraction of sp³-hybridized carbons (Fsp3) is 0.667. The van der Waals surface area contributed by atoms with Crippen molar-refractivity contribution in [1.82, 2.24) is 0 Å². The Kier molecular flexibility index (Phi) is 12.6. The van der Waals surface area contributed by atoms with Gasteiger partial charge in [0.25, 0.3) is 0 Å². The summed E-state index contributed by atoms with van der Waals surface area (Å²) in [6.45, 7) is 18.6. The fourth-order valence-electron chi connectivity index (χ4n) is 3.89. The van der Waals surface area contributed by atoms with Crippen molar-refractivity contribution < 1.29 is 43.2 Å². The molecule has 10 nitrogen and oxygen atoms in total. The first-order chi connectivity index (χ1) is 18.2. The minimum Gasteiger partial charge on any atom is -0.480 e. The monoisotopic (exact) mass is 565 g/mol. The minimum atomic E-state index is -1.39. The highest BCUT2D eigenvalue weighted by molar-refractivity contribution is 5.78. The van der Waals surface area contributed by atoms with Gasteiger partial charge < -0.3 is 29.8 Å². The van der Waals surface area contributed by atoms with Gasteiger partial charge in [-0.25, -0.2) is 4.79 Å². The molecule has 3 N–H and O–H groups in total. The highest BCUT2D eigenvalue weighted by Crippen LogP contribution is 2.38. The number of rotatable bonds is 12. The number of nitrogens with two attached hydrogens (primary N) is 1. The number of carbonyl (C=O) groups is 4. The number of benzene rings is 1. The van der Waals surface area contributed by atoms with Crippen molar-refractivity contribution in [2.75, 3.05) is 6.61 Å². The predicted molar refractivity (Wildman–Crippen MR) is 150 cm³/mol. The van der Waals surface area contributed by atoms with Crippen LogP contribution in [0.4, 0.5) is 4.79 Å². The van der Waals surface area contributed by atoms with Gasteiger partial charge in [0.2, 0.25) is 0 Å².